The monoisotopic (exact) mass is 347 g/mol. The van der Waals surface area contributed by atoms with Crippen LogP contribution in [0.3, 0.4) is 0 Å². The summed E-state index contributed by atoms with van der Waals surface area (Å²) < 4.78 is 0.893. The number of nitrogens with one attached hydrogen (secondary N) is 2. The third kappa shape index (κ3) is 3.58. The Morgan fingerprint density at radius 3 is 2.90 bits per heavy atom. The maximum atomic E-state index is 11.4. The molecule has 0 saturated carbocycles. The molecule has 106 valence electrons. The lowest BCUT2D eigenvalue weighted by Crippen LogP contribution is -2.33. The predicted molar refractivity (Wildman–Crippen MR) is 88.9 cm³/mol. The van der Waals surface area contributed by atoms with E-state index in [1.165, 1.54) is 11.3 Å². The van der Waals surface area contributed by atoms with Crippen LogP contribution in [0, 0.1) is 0 Å². The highest BCUT2D eigenvalue weighted by molar-refractivity contribution is 7.80. The lowest BCUT2D eigenvalue weighted by atomic mass is 10.3. The number of aromatic nitrogens is 1. The summed E-state index contributed by atoms with van der Waals surface area (Å²) in [6.45, 7) is 1.93. The number of thiazole rings is 1. The largest absolute Gasteiger partial charge is 0.308 e. The van der Waals surface area contributed by atoms with Gasteiger partial charge in [0.15, 0.2) is 10.2 Å². The van der Waals surface area contributed by atoms with Gasteiger partial charge in [-0.1, -0.05) is 41.5 Å². The van der Waals surface area contributed by atoms with Crippen molar-refractivity contribution in [3.8, 4) is 0 Å². The standard InChI is InChI=1S/C12H11Cl2N3OS2/c1-2-3-8(18)15-11(19)17-12-16-10-7(20-12)5-4-6(13)9(10)14/h4-5H,2-3H2,1H3,(H2,15,16,17,18,19). The molecular formula is C12H11Cl2N3OS2. The van der Waals surface area contributed by atoms with Gasteiger partial charge in [0, 0.05) is 6.42 Å². The summed E-state index contributed by atoms with van der Waals surface area (Å²) in [6, 6.07) is 3.56. The Morgan fingerprint density at radius 2 is 2.20 bits per heavy atom. The second-order valence-corrected chi connectivity index (χ2v) is 6.20. The molecule has 1 amide bonds. The van der Waals surface area contributed by atoms with Gasteiger partial charge in [-0.2, -0.15) is 0 Å². The van der Waals surface area contributed by atoms with Crippen LogP contribution in [0.2, 0.25) is 10.0 Å². The van der Waals surface area contributed by atoms with Gasteiger partial charge in [-0.3, -0.25) is 4.79 Å². The highest BCUT2D eigenvalue weighted by atomic mass is 35.5. The third-order valence-electron chi connectivity index (χ3n) is 2.40. The molecule has 0 unspecified atom stereocenters. The Bertz CT molecular complexity index is 672. The van der Waals surface area contributed by atoms with Gasteiger partial charge in [-0.25, -0.2) is 4.98 Å². The molecule has 1 heterocycles. The molecule has 4 nitrogen and oxygen atoms in total. The number of carbonyl (C=O) groups is 1. The van der Waals surface area contributed by atoms with Gasteiger partial charge >= 0.3 is 0 Å². The van der Waals surface area contributed by atoms with Crippen LogP contribution in [0.5, 0.6) is 0 Å². The SMILES string of the molecule is CCCC(=O)NC(=S)Nc1nc2c(Cl)c(Cl)ccc2s1. The first-order chi connectivity index (χ1) is 9.51. The van der Waals surface area contributed by atoms with E-state index in [0.29, 0.717) is 27.1 Å². The first kappa shape index (κ1) is 15.4. The number of thiocarbonyl (C=S) groups is 1. The molecule has 8 heteroatoms. The minimum Gasteiger partial charge on any atom is -0.308 e. The minimum absolute atomic E-state index is 0.118. The lowest BCUT2D eigenvalue weighted by Gasteiger charge is -2.05. The van der Waals surface area contributed by atoms with Crippen LogP contribution in [0.25, 0.3) is 10.2 Å². The zero-order valence-electron chi connectivity index (χ0n) is 10.5. The number of anilines is 1. The molecule has 2 rings (SSSR count). The predicted octanol–water partition coefficient (Wildman–Crippen LogP) is 4.22. The first-order valence-corrected chi connectivity index (χ1v) is 7.84. The number of carbonyl (C=O) groups excluding carboxylic acids is 1. The summed E-state index contributed by atoms with van der Waals surface area (Å²) in [4.78, 5) is 15.7. The normalized spacial score (nSPS) is 10.6. The van der Waals surface area contributed by atoms with Crippen molar-refractivity contribution in [2.24, 2.45) is 0 Å². The second-order valence-electron chi connectivity index (χ2n) is 3.98. The highest BCUT2D eigenvalue weighted by Crippen LogP contribution is 2.35. The van der Waals surface area contributed by atoms with E-state index in [4.69, 9.17) is 35.4 Å². The molecular weight excluding hydrogens is 337 g/mol. The van der Waals surface area contributed by atoms with Crippen LogP contribution in [0.4, 0.5) is 5.13 Å². The molecule has 20 heavy (non-hydrogen) atoms. The smallest absolute Gasteiger partial charge is 0.226 e. The summed E-state index contributed by atoms with van der Waals surface area (Å²) in [5, 5.41) is 7.11. The highest BCUT2D eigenvalue weighted by Gasteiger charge is 2.11. The van der Waals surface area contributed by atoms with Gasteiger partial charge in [0.25, 0.3) is 0 Å². The molecule has 2 aromatic rings. The molecule has 0 spiro atoms. The van der Waals surface area contributed by atoms with Gasteiger partial charge in [0.2, 0.25) is 5.91 Å². The van der Waals surface area contributed by atoms with Gasteiger partial charge < -0.3 is 10.6 Å². The fourth-order valence-corrected chi connectivity index (χ4v) is 3.10. The van der Waals surface area contributed by atoms with Crippen molar-refractivity contribution in [3.63, 3.8) is 0 Å². The number of hydrogen-bond acceptors (Lipinski definition) is 4. The Hall–Kier alpha value is -0.950. The average molecular weight is 348 g/mol. The van der Waals surface area contributed by atoms with Gasteiger partial charge in [0.1, 0.15) is 5.52 Å². The van der Waals surface area contributed by atoms with Crippen LogP contribution in [0.15, 0.2) is 12.1 Å². The van der Waals surface area contributed by atoms with Crippen molar-refractivity contribution in [2.75, 3.05) is 5.32 Å². The molecule has 0 atom stereocenters. The topological polar surface area (TPSA) is 54.0 Å². The first-order valence-electron chi connectivity index (χ1n) is 5.86. The summed E-state index contributed by atoms with van der Waals surface area (Å²) >= 11 is 18.5. The fraction of sp³-hybridized carbons (Fsp3) is 0.250. The molecule has 0 saturated heterocycles. The zero-order valence-corrected chi connectivity index (χ0v) is 13.6. The number of rotatable bonds is 3. The van der Waals surface area contributed by atoms with E-state index in [1.807, 2.05) is 13.0 Å². The number of hydrogen-bond donors (Lipinski definition) is 2. The van der Waals surface area contributed by atoms with Crippen LogP contribution < -0.4 is 10.6 Å². The molecule has 0 radical (unpaired) electrons. The molecule has 0 fully saturated rings. The minimum atomic E-state index is -0.118. The quantitative estimate of drug-likeness (QED) is 0.816. The number of amides is 1. The summed E-state index contributed by atoms with van der Waals surface area (Å²) in [6.07, 6.45) is 1.20. The molecule has 1 aromatic heterocycles. The van der Waals surface area contributed by atoms with E-state index >= 15 is 0 Å². The van der Waals surface area contributed by atoms with Crippen LogP contribution in [0.1, 0.15) is 19.8 Å². The molecule has 0 aliphatic heterocycles. The summed E-state index contributed by atoms with van der Waals surface area (Å²) in [7, 11) is 0. The van der Waals surface area contributed by atoms with Crippen molar-refractivity contribution < 1.29 is 4.79 Å². The van der Waals surface area contributed by atoms with E-state index in [0.717, 1.165) is 11.1 Å². The third-order valence-corrected chi connectivity index (χ3v) is 4.34. The van der Waals surface area contributed by atoms with Crippen molar-refractivity contribution in [3.05, 3.63) is 22.2 Å². The van der Waals surface area contributed by atoms with Crippen LogP contribution in [-0.4, -0.2) is 16.0 Å². The summed E-state index contributed by atoms with van der Waals surface area (Å²) in [5.41, 5.74) is 0.620. The van der Waals surface area contributed by atoms with E-state index < -0.39 is 0 Å². The Balaban J connectivity index is 2.12. The van der Waals surface area contributed by atoms with Crippen LogP contribution >= 0.6 is 46.8 Å². The van der Waals surface area contributed by atoms with Gasteiger partial charge in [-0.15, -0.1) is 0 Å². The molecule has 0 aliphatic rings. The number of fused-ring (bicyclic) bond motifs is 1. The summed E-state index contributed by atoms with van der Waals surface area (Å²) in [5.74, 6) is -0.118. The zero-order chi connectivity index (χ0) is 14.7. The lowest BCUT2D eigenvalue weighted by molar-refractivity contribution is -0.119. The van der Waals surface area contributed by atoms with Crippen molar-refractivity contribution >= 4 is 73.1 Å². The Kier molecular flexibility index (Phi) is 5.15. The van der Waals surface area contributed by atoms with E-state index in [1.54, 1.807) is 6.07 Å². The number of nitrogens with zero attached hydrogens (tertiary/aromatic N) is 1. The number of halogens is 2. The molecule has 0 aliphatic carbocycles. The van der Waals surface area contributed by atoms with E-state index in [9.17, 15) is 4.79 Å². The van der Waals surface area contributed by atoms with Crippen molar-refractivity contribution in [1.82, 2.24) is 10.3 Å². The van der Waals surface area contributed by atoms with E-state index in [2.05, 4.69) is 15.6 Å². The van der Waals surface area contributed by atoms with Crippen molar-refractivity contribution in [1.29, 1.82) is 0 Å². The average Bonchev–Trinajstić information content (AvgIpc) is 2.77. The number of benzene rings is 1. The van der Waals surface area contributed by atoms with E-state index in [-0.39, 0.29) is 11.0 Å². The van der Waals surface area contributed by atoms with Crippen LogP contribution in [-0.2, 0) is 4.79 Å². The van der Waals surface area contributed by atoms with Gasteiger partial charge in [0.05, 0.1) is 14.7 Å². The van der Waals surface area contributed by atoms with Gasteiger partial charge in [-0.05, 0) is 30.8 Å². The maximum absolute atomic E-state index is 11.4. The maximum Gasteiger partial charge on any atom is 0.226 e. The molecule has 0 bridgehead atoms. The fourth-order valence-electron chi connectivity index (χ4n) is 1.54. The Labute approximate surface area is 135 Å². The Morgan fingerprint density at radius 1 is 1.45 bits per heavy atom. The second kappa shape index (κ2) is 6.67. The molecule has 2 N–H and O–H groups in total. The molecule has 1 aromatic carbocycles. The van der Waals surface area contributed by atoms with Crippen molar-refractivity contribution in [2.45, 2.75) is 19.8 Å².